The van der Waals surface area contributed by atoms with E-state index in [4.69, 9.17) is 0 Å². The van der Waals surface area contributed by atoms with Gasteiger partial charge in [0.05, 0.1) is 0 Å². The van der Waals surface area contributed by atoms with E-state index in [1.807, 2.05) is 0 Å². The van der Waals surface area contributed by atoms with E-state index < -0.39 is 5.75 Å². The molecule has 0 spiro atoms. The molecule has 2 rings (SSSR count). The third kappa shape index (κ3) is 2.88. The third-order valence-corrected chi connectivity index (χ3v) is 3.77. The van der Waals surface area contributed by atoms with Gasteiger partial charge >= 0.3 is 0 Å². The second-order valence-corrected chi connectivity index (χ2v) is 5.36. The lowest BCUT2D eigenvalue weighted by Gasteiger charge is -2.12. The first kappa shape index (κ1) is 13.0. The largest absolute Gasteiger partial charge is 0.504 e. The Morgan fingerprint density at radius 2 is 1.94 bits per heavy atom. The first-order chi connectivity index (χ1) is 8.58. The summed E-state index contributed by atoms with van der Waals surface area (Å²) in [4.78, 5) is 0. The smallest absolute Gasteiger partial charge is 0.200 e. The lowest BCUT2D eigenvalue weighted by atomic mass is 10.1. The number of hydrogen-bond acceptors (Lipinski definition) is 4. The number of benzene rings is 1. The van der Waals surface area contributed by atoms with Gasteiger partial charge in [0.15, 0.2) is 11.5 Å². The fourth-order valence-electron chi connectivity index (χ4n) is 2.67. The third-order valence-electron chi connectivity index (χ3n) is 3.77. The molecule has 1 aliphatic rings. The molecule has 0 radical (unpaired) electrons. The average molecular weight is 251 g/mol. The van der Waals surface area contributed by atoms with E-state index in [0.717, 1.165) is 12.5 Å². The van der Waals surface area contributed by atoms with Crippen molar-refractivity contribution in [1.29, 1.82) is 0 Å². The summed E-state index contributed by atoms with van der Waals surface area (Å²) in [6.45, 7) is 3.72. The van der Waals surface area contributed by atoms with Crippen molar-refractivity contribution >= 4 is 0 Å². The van der Waals surface area contributed by atoms with E-state index in [-0.39, 0.29) is 11.5 Å². The maximum Gasteiger partial charge on any atom is 0.200 e. The molecule has 1 aromatic carbocycles. The van der Waals surface area contributed by atoms with Crippen molar-refractivity contribution in [3.8, 4) is 17.2 Å². The zero-order chi connectivity index (χ0) is 13.1. The van der Waals surface area contributed by atoms with Crippen molar-refractivity contribution < 1.29 is 15.3 Å². The molecule has 2 atom stereocenters. The summed E-state index contributed by atoms with van der Waals surface area (Å²) in [7, 11) is 0. The lowest BCUT2D eigenvalue weighted by Crippen LogP contribution is -2.21. The van der Waals surface area contributed by atoms with Crippen LogP contribution in [0.15, 0.2) is 12.1 Å². The highest BCUT2D eigenvalue weighted by atomic mass is 16.3. The highest BCUT2D eigenvalue weighted by molar-refractivity contribution is 5.52. The molecule has 2 unspecified atom stereocenters. The van der Waals surface area contributed by atoms with Crippen LogP contribution < -0.4 is 5.32 Å². The Morgan fingerprint density at radius 1 is 1.17 bits per heavy atom. The van der Waals surface area contributed by atoms with Gasteiger partial charge in [0, 0.05) is 12.1 Å². The molecule has 0 aliphatic heterocycles. The van der Waals surface area contributed by atoms with Crippen molar-refractivity contribution in [2.45, 2.75) is 32.7 Å². The maximum absolute atomic E-state index is 9.66. The molecule has 1 aromatic rings. The van der Waals surface area contributed by atoms with Crippen LogP contribution in [0.1, 0.15) is 31.7 Å². The van der Waals surface area contributed by atoms with Crippen LogP contribution in [0.5, 0.6) is 17.2 Å². The van der Waals surface area contributed by atoms with Gasteiger partial charge in [0.2, 0.25) is 5.75 Å². The van der Waals surface area contributed by atoms with Crippen LogP contribution in [0, 0.1) is 11.8 Å². The molecule has 4 N–H and O–H groups in total. The first-order valence-electron chi connectivity index (χ1n) is 6.51. The first-order valence-corrected chi connectivity index (χ1v) is 6.51. The van der Waals surface area contributed by atoms with Gasteiger partial charge in [0.25, 0.3) is 0 Å². The Kier molecular flexibility index (Phi) is 3.97. The van der Waals surface area contributed by atoms with Crippen LogP contribution in [0.3, 0.4) is 0 Å². The minimum absolute atomic E-state index is 0.234. The molecule has 0 aromatic heterocycles. The van der Waals surface area contributed by atoms with Crippen molar-refractivity contribution in [1.82, 2.24) is 5.32 Å². The summed E-state index contributed by atoms with van der Waals surface area (Å²) in [6, 6.07) is 3.01. The molecule has 0 bridgehead atoms. The number of nitrogens with one attached hydrogen (secondary N) is 1. The molecule has 0 heterocycles. The van der Waals surface area contributed by atoms with Gasteiger partial charge in [-0.2, -0.15) is 0 Å². The molecule has 1 fully saturated rings. The fourth-order valence-corrected chi connectivity index (χ4v) is 2.67. The monoisotopic (exact) mass is 251 g/mol. The van der Waals surface area contributed by atoms with Crippen molar-refractivity contribution in [3.05, 3.63) is 17.7 Å². The molecule has 1 saturated carbocycles. The van der Waals surface area contributed by atoms with Crippen LogP contribution in [0.4, 0.5) is 0 Å². The summed E-state index contributed by atoms with van der Waals surface area (Å²) in [5.41, 5.74) is 0.608. The van der Waals surface area contributed by atoms with Crippen LogP contribution in [-0.2, 0) is 6.54 Å². The fraction of sp³-hybridized carbons (Fsp3) is 0.571. The lowest BCUT2D eigenvalue weighted by molar-refractivity contribution is 0.363. The average Bonchev–Trinajstić information content (AvgIpc) is 2.75. The second kappa shape index (κ2) is 5.48. The highest BCUT2D eigenvalue weighted by Crippen LogP contribution is 2.37. The number of hydrogen-bond donors (Lipinski definition) is 4. The SMILES string of the molecule is CC1CCC(CNCc2ccc(O)c(O)c2O)C1. The normalized spacial score (nSPS) is 23.4. The Balaban J connectivity index is 1.85. The van der Waals surface area contributed by atoms with Crippen molar-refractivity contribution in [2.75, 3.05) is 6.54 Å². The van der Waals surface area contributed by atoms with Crippen LogP contribution >= 0.6 is 0 Å². The summed E-state index contributed by atoms with van der Waals surface area (Å²) >= 11 is 0. The van der Waals surface area contributed by atoms with Gasteiger partial charge in [-0.05, 0) is 37.3 Å². The van der Waals surface area contributed by atoms with Crippen molar-refractivity contribution in [2.24, 2.45) is 11.8 Å². The Hall–Kier alpha value is -1.42. The number of aromatic hydroxyl groups is 3. The molecular weight excluding hydrogens is 230 g/mol. The minimum Gasteiger partial charge on any atom is -0.504 e. The van der Waals surface area contributed by atoms with Crippen LogP contribution in [-0.4, -0.2) is 21.9 Å². The summed E-state index contributed by atoms with van der Waals surface area (Å²) < 4.78 is 0. The Labute approximate surface area is 107 Å². The predicted molar refractivity (Wildman–Crippen MR) is 69.6 cm³/mol. The van der Waals surface area contributed by atoms with Gasteiger partial charge in [0.1, 0.15) is 0 Å². The number of phenolic OH excluding ortho intramolecular Hbond substituents is 3. The van der Waals surface area contributed by atoms with Crippen LogP contribution in [0.2, 0.25) is 0 Å². The summed E-state index contributed by atoms with van der Waals surface area (Å²) in [5.74, 6) is 0.572. The van der Waals surface area contributed by atoms with Crippen LogP contribution in [0.25, 0.3) is 0 Å². The molecule has 100 valence electrons. The molecule has 4 heteroatoms. The van der Waals surface area contributed by atoms with E-state index >= 15 is 0 Å². The van der Waals surface area contributed by atoms with Gasteiger partial charge < -0.3 is 20.6 Å². The Bertz CT molecular complexity index is 420. The summed E-state index contributed by atoms with van der Waals surface area (Å²) in [5, 5.41) is 31.6. The highest BCUT2D eigenvalue weighted by Gasteiger charge is 2.20. The molecule has 4 nitrogen and oxygen atoms in total. The maximum atomic E-state index is 9.66. The van der Waals surface area contributed by atoms with E-state index in [9.17, 15) is 15.3 Å². The Morgan fingerprint density at radius 3 is 2.61 bits per heavy atom. The second-order valence-electron chi connectivity index (χ2n) is 5.36. The van der Waals surface area contributed by atoms with E-state index in [1.165, 1.54) is 25.3 Å². The zero-order valence-electron chi connectivity index (χ0n) is 10.7. The van der Waals surface area contributed by atoms with Crippen molar-refractivity contribution in [3.63, 3.8) is 0 Å². The molecule has 0 saturated heterocycles. The zero-order valence-corrected chi connectivity index (χ0v) is 10.7. The number of rotatable bonds is 4. The predicted octanol–water partition coefficient (Wildman–Crippen LogP) is 2.33. The van der Waals surface area contributed by atoms with Gasteiger partial charge in [-0.3, -0.25) is 0 Å². The molecule has 0 amide bonds. The topological polar surface area (TPSA) is 72.7 Å². The summed E-state index contributed by atoms with van der Waals surface area (Å²) in [6.07, 6.45) is 3.83. The van der Waals surface area contributed by atoms with Gasteiger partial charge in [-0.1, -0.05) is 19.4 Å². The van der Waals surface area contributed by atoms with Gasteiger partial charge in [-0.15, -0.1) is 0 Å². The molecular formula is C14H21NO3. The van der Waals surface area contributed by atoms with E-state index in [1.54, 1.807) is 6.07 Å². The standard InChI is InChI=1S/C14H21NO3/c1-9-2-3-10(6-9)7-15-8-11-4-5-12(16)14(18)13(11)17/h4-5,9-10,15-18H,2-3,6-8H2,1H3. The molecule has 18 heavy (non-hydrogen) atoms. The van der Waals surface area contributed by atoms with Gasteiger partial charge in [-0.25, -0.2) is 0 Å². The number of phenols is 3. The van der Waals surface area contributed by atoms with E-state index in [2.05, 4.69) is 12.2 Å². The van der Waals surface area contributed by atoms with E-state index in [0.29, 0.717) is 18.0 Å². The quantitative estimate of drug-likeness (QED) is 0.620. The minimum atomic E-state index is -0.441. The molecule has 1 aliphatic carbocycles.